The highest BCUT2D eigenvalue weighted by atomic mass is 15.0. The van der Waals surface area contributed by atoms with Gasteiger partial charge in [-0.1, -0.05) is 12.1 Å². The summed E-state index contributed by atoms with van der Waals surface area (Å²) in [4.78, 5) is 4.15. The van der Waals surface area contributed by atoms with Gasteiger partial charge in [0, 0.05) is 31.5 Å². The van der Waals surface area contributed by atoms with Crippen LogP contribution in [0.4, 0.5) is 11.5 Å². The number of aromatic nitrogens is 1. The first kappa shape index (κ1) is 11.9. The zero-order chi connectivity index (χ0) is 12.8. The normalized spacial score (nSPS) is 9.56. The van der Waals surface area contributed by atoms with Crippen LogP contribution in [0.25, 0.3) is 0 Å². The molecule has 18 heavy (non-hydrogen) atoms. The molecule has 1 heterocycles. The fourth-order valence-corrected chi connectivity index (χ4v) is 1.63. The molecule has 0 unspecified atom stereocenters. The molecular weight excluding hydrogens is 224 g/mol. The minimum absolute atomic E-state index is 0.681. The summed E-state index contributed by atoms with van der Waals surface area (Å²) in [6.45, 7) is 0.683. The van der Waals surface area contributed by atoms with Crippen LogP contribution in [0.1, 0.15) is 11.1 Å². The van der Waals surface area contributed by atoms with E-state index < -0.39 is 0 Å². The van der Waals surface area contributed by atoms with E-state index in [1.807, 2.05) is 37.4 Å². The Hall–Kier alpha value is -2.54. The summed E-state index contributed by atoms with van der Waals surface area (Å²) in [5, 5.41) is 15.1. The summed E-state index contributed by atoms with van der Waals surface area (Å²) in [5.41, 5.74) is 2.76. The van der Waals surface area contributed by atoms with E-state index in [1.165, 1.54) is 0 Å². The summed E-state index contributed by atoms with van der Waals surface area (Å²) in [6.07, 6.45) is 1.75. The molecule has 0 amide bonds. The Morgan fingerprint density at radius 3 is 2.94 bits per heavy atom. The third kappa shape index (κ3) is 2.98. The summed E-state index contributed by atoms with van der Waals surface area (Å²) in [5.74, 6) is 0.825. The van der Waals surface area contributed by atoms with Crippen molar-refractivity contribution in [2.75, 3.05) is 17.7 Å². The Labute approximate surface area is 106 Å². The highest BCUT2D eigenvalue weighted by molar-refractivity contribution is 5.51. The Morgan fingerprint density at radius 1 is 1.28 bits per heavy atom. The SMILES string of the molecule is CNc1cc(NCc2cccc(C#N)c2)ccn1. The van der Waals surface area contributed by atoms with E-state index in [9.17, 15) is 0 Å². The predicted octanol–water partition coefficient (Wildman–Crippen LogP) is 2.61. The molecule has 4 heteroatoms. The lowest BCUT2D eigenvalue weighted by Crippen LogP contribution is -2.01. The Morgan fingerprint density at radius 2 is 2.17 bits per heavy atom. The number of nitrogens with zero attached hydrogens (tertiary/aromatic N) is 2. The molecule has 0 saturated heterocycles. The lowest BCUT2D eigenvalue weighted by Gasteiger charge is -2.08. The number of anilines is 2. The van der Waals surface area contributed by atoms with Crippen molar-refractivity contribution in [3.8, 4) is 6.07 Å². The summed E-state index contributed by atoms with van der Waals surface area (Å²) < 4.78 is 0. The van der Waals surface area contributed by atoms with Gasteiger partial charge in [0.15, 0.2) is 0 Å². The van der Waals surface area contributed by atoms with Crippen molar-refractivity contribution in [2.24, 2.45) is 0 Å². The standard InChI is InChI=1S/C14H14N4/c1-16-14-8-13(5-6-17-14)18-10-12-4-2-3-11(7-12)9-15/h2-8H,10H2,1H3,(H2,16,17,18). The molecule has 0 fully saturated rings. The number of pyridine rings is 1. The molecule has 0 spiro atoms. The minimum Gasteiger partial charge on any atom is -0.381 e. The van der Waals surface area contributed by atoms with Crippen molar-refractivity contribution in [1.82, 2.24) is 4.98 Å². The quantitative estimate of drug-likeness (QED) is 0.859. The highest BCUT2D eigenvalue weighted by Crippen LogP contribution is 2.13. The fraction of sp³-hybridized carbons (Fsp3) is 0.143. The number of hydrogen-bond donors (Lipinski definition) is 2. The molecule has 1 aromatic heterocycles. The monoisotopic (exact) mass is 238 g/mol. The van der Waals surface area contributed by atoms with E-state index in [0.717, 1.165) is 17.1 Å². The summed E-state index contributed by atoms with van der Waals surface area (Å²) in [6, 6.07) is 13.6. The highest BCUT2D eigenvalue weighted by Gasteiger charge is 1.97. The summed E-state index contributed by atoms with van der Waals surface area (Å²) in [7, 11) is 1.84. The summed E-state index contributed by atoms with van der Waals surface area (Å²) >= 11 is 0. The van der Waals surface area contributed by atoms with Crippen LogP contribution in [0.15, 0.2) is 42.6 Å². The van der Waals surface area contributed by atoms with E-state index in [0.29, 0.717) is 12.1 Å². The van der Waals surface area contributed by atoms with Gasteiger partial charge in [-0.3, -0.25) is 0 Å². The molecule has 2 N–H and O–H groups in total. The molecule has 4 nitrogen and oxygen atoms in total. The van der Waals surface area contributed by atoms with Crippen LogP contribution >= 0.6 is 0 Å². The maximum absolute atomic E-state index is 8.83. The molecule has 1 aromatic carbocycles. The molecule has 0 aliphatic rings. The van der Waals surface area contributed by atoms with Gasteiger partial charge in [0.1, 0.15) is 5.82 Å². The Kier molecular flexibility index (Phi) is 3.77. The van der Waals surface area contributed by atoms with Crippen molar-refractivity contribution in [1.29, 1.82) is 5.26 Å². The number of hydrogen-bond acceptors (Lipinski definition) is 4. The lowest BCUT2D eigenvalue weighted by atomic mass is 10.1. The van der Waals surface area contributed by atoms with E-state index in [4.69, 9.17) is 5.26 Å². The van der Waals surface area contributed by atoms with E-state index in [2.05, 4.69) is 21.7 Å². The minimum atomic E-state index is 0.681. The largest absolute Gasteiger partial charge is 0.381 e. The van der Waals surface area contributed by atoms with Gasteiger partial charge in [0.05, 0.1) is 11.6 Å². The van der Waals surface area contributed by atoms with Crippen molar-refractivity contribution in [3.63, 3.8) is 0 Å². The van der Waals surface area contributed by atoms with E-state index in [-0.39, 0.29) is 0 Å². The molecule has 0 bridgehead atoms. The predicted molar refractivity (Wildman–Crippen MR) is 72.3 cm³/mol. The number of nitrogens with one attached hydrogen (secondary N) is 2. The van der Waals surface area contributed by atoms with E-state index >= 15 is 0 Å². The third-order valence-corrected chi connectivity index (χ3v) is 2.57. The van der Waals surface area contributed by atoms with Gasteiger partial charge >= 0.3 is 0 Å². The van der Waals surface area contributed by atoms with Crippen molar-refractivity contribution >= 4 is 11.5 Å². The van der Waals surface area contributed by atoms with Gasteiger partial charge in [-0.15, -0.1) is 0 Å². The zero-order valence-corrected chi connectivity index (χ0v) is 10.1. The van der Waals surface area contributed by atoms with Crippen LogP contribution in [0.5, 0.6) is 0 Å². The van der Waals surface area contributed by atoms with Crippen molar-refractivity contribution in [3.05, 3.63) is 53.7 Å². The van der Waals surface area contributed by atoms with Crippen molar-refractivity contribution in [2.45, 2.75) is 6.54 Å². The number of nitriles is 1. The Bertz CT molecular complexity index is 572. The molecule has 0 radical (unpaired) electrons. The second kappa shape index (κ2) is 5.69. The second-order valence-electron chi connectivity index (χ2n) is 3.85. The van der Waals surface area contributed by atoms with Crippen LogP contribution in [0.3, 0.4) is 0 Å². The third-order valence-electron chi connectivity index (χ3n) is 2.57. The van der Waals surface area contributed by atoms with Crippen LogP contribution in [0.2, 0.25) is 0 Å². The van der Waals surface area contributed by atoms with Gasteiger partial charge in [0.2, 0.25) is 0 Å². The first-order valence-electron chi connectivity index (χ1n) is 5.68. The molecule has 0 aliphatic heterocycles. The topological polar surface area (TPSA) is 60.7 Å². The van der Waals surface area contributed by atoms with Crippen molar-refractivity contribution < 1.29 is 0 Å². The molecule has 0 aliphatic carbocycles. The zero-order valence-electron chi connectivity index (χ0n) is 10.1. The molecule has 2 aromatic rings. The molecular formula is C14H14N4. The maximum atomic E-state index is 8.83. The number of rotatable bonds is 4. The molecule has 0 saturated carbocycles. The average molecular weight is 238 g/mol. The Balaban J connectivity index is 2.04. The van der Waals surface area contributed by atoms with Gasteiger partial charge in [-0.25, -0.2) is 4.98 Å². The van der Waals surface area contributed by atoms with Crippen LogP contribution in [-0.4, -0.2) is 12.0 Å². The number of benzene rings is 1. The smallest absolute Gasteiger partial charge is 0.127 e. The van der Waals surface area contributed by atoms with Crippen LogP contribution in [-0.2, 0) is 6.54 Å². The first-order chi connectivity index (χ1) is 8.81. The first-order valence-corrected chi connectivity index (χ1v) is 5.68. The average Bonchev–Trinajstić information content (AvgIpc) is 2.45. The molecule has 0 atom stereocenters. The fourth-order valence-electron chi connectivity index (χ4n) is 1.63. The van der Waals surface area contributed by atoms with Crippen LogP contribution < -0.4 is 10.6 Å². The van der Waals surface area contributed by atoms with E-state index in [1.54, 1.807) is 12.3 Å². The maximum Gasteiger partial charge on any atom is 0.127 e. The lowest BCUT2D eigenvalue weighted by molar-refractivity contribution is 1.14. The van der Waals surface area contributed by atoms with Gasteiger partial charge < -0.3 is 10.6 Å². The molecule has 2 rings (SSSR count). The molecule has 90 valence electrons. The van der Waals surface area contributed by atoms with Gasteiger partial charge in [-0.05, 0) is 23.8 Å². The second-order valence-corrected chi connectivity index (χ2v) is 3.85. The van der Waals surface area contributed by atoms with Gasteiger partial charge in [-0.2, -0.15) is 5.26 Å². The van der Waals surface area contributed by atoms with Gasteiger partial charge in [0.25, 0.3) is 0 Å². The van der Waals surface area contributed by atoms with Crippen LogP contribution in [0, 0.1) is 11.3 Å².